The van der Waals surface area contributed by atoms with Crippen LogP contribution in [0.3, 0.4) is 0 Å². The number of benzene rings is 2. The van der Waals surface area contributed by atoms with E-state index in [4.69, 9.17) is 14.2 Å². The van der Waals surface area contributed by atoms with Crippen molar-refractivity contribution in [2.24, 2.45) is 0 Å². The number of carbonyl (C=O) groups is 1. The summed E-state index contributed by atoms with van der Waals surface area (Å²) in [6.07, 6.45) is 6.31. The summed E-state index contributed by atoms with van der Waals surface area (Å²) in [4.78, 5) is 17.8. The molecule has 1 amide bonds. The Labute approximate surface area is 196 Å². The summed E-state index contributed by atoms with van der Waals surface area (Å²) in [5.74, 6) is 1.58. The van der Waals surface area contributed by atoms with Crippen molar-refractivity contribution in [3.63, 3.8) is 0 Å². The summed E-state index contributed by atoms with van der Waals surface area (Å²) in [7, 11) is 1.64. The average Bonchev–Trinajstić information content (AvgIpc) is 3.26. The molecule has 2 aromatic rings. The molecule has 0 unspecified atom stereocenters. The topological polar surface area (TPSA) is 51.2 Å². The quantitative estimate of drug-likeness (QED) is 0.670. The van der Waals surface area contributed by atoms with Crippen molar-refractivity contribution in [2.75, 3.05) is 44.8 Å². The van der Waals surface area contributed by atoms with Crippen LogP contribution >= 0.6 is 0 Å². The molecule has 3 saturated heterocycles. The summed E-state index contributed by atoms with van der Waals surface area (Å²) < 4.78 is 17.9. The molecular formula is C27H34N2O4. The number of carbonyl (C=O) groups excluding carboxylic acids is 1. The minimum absolute atomic E-state index is 0.0515. The highest BCUT2D eigenvalue weighted by atomic mass is 16.6. The number of hydrogen-bond acceptors (Lipinski definition) is 5. The first-order valence-electron chi connectivity index (χ1n) is 12.2. The molecule has 0 saturated carbocycles. The number of methoxy groups -OCH3 is 1. The highest BCUT2D eigenvalue weighted by Crippen LogP contribution is 2.38. The molecule has 3 fully saturated rings. The molecule has 0 aliphatic carbocycles. The molecular weight excluding hydrogens is 416 g/mol. The number of hydrogen-bond donors (Lipinski definition) is 0. The van der Waals surface area contributed by atoms with Gasteiger partial charge in [0.2, 0.25) is 0 Å². The third-order valence-electron chi connectivity index (χ3n) is 7.32. The smallest absolute Gasteiger partial charge is 0.257 e. The molecule has 1 spiro atoms. The van der Waals surface area contributed by atoms with Crippen LogP contribution in [0.5, 0.6) is 11.5 Å². The molecule has 0 bridgehead atoms. The first-order valence-corrected chi connectivity index (χ1v) is 12.2. The fraction of sp³-hybridized carbons (Fsp3) is 0.519. The second kappa shape index (κ2) is 9.64. The maximum Gasteiger partial charge on any atom is 0.257 e. The Bertz CT molecular complexity index is 950. The molecule has 0 N–H and O–H groups in total. The lowest BCUT2D eigenvalue weighted by Crippen LogP contribution is -2.46. The number of amides is 1. The number of anilines is 1. The molecule has 3 heterocycles. The van der Waals surface area contributed by atoms with E-state index in [9.17, 15) is 4.79 Å². The van der Waals surface area contributed by atoms with Gasteiger partial charge >= 0.3 is 0 Å². The van der Waals surface area contributed by atoms with Crippen molar-refractivity contribution in [1.82, 2.24) is 4.90 Å². The third-order valence-corrected chi connectivity index (χ3v) is 7.32. The van der Waals surface area contributed by atoms with Crippen molar-refractivity contribution in [2.45, 2.75) is 50.2 Å². The van der Waals surface area contributed by atoms with E-state index in [-0.39, 0.29) is 17.6 Å². The molecule has 3 aliphatic rings. The molecule has 6 heteroatoms. The third kappa shape index (κ3) is 4.81. The van der Waals surface area contributed by atoms with Crippen LogP contribution in [0, 0.1) is 0 Å². The lowest BCUT2D eigenvalue weighted by atomic mass is 9.87. The van der Waals surface area contributed by atoms with E-state index in [1.807, 2.05) is 47.4 Å². The van der Waals surface area contributed by atoms with Gasteiger partial charge in [0.25, 0.3) is 5.91 Å². The number of likely N-dealkylation sites (tertiary alicyclic amines) is 1. The van der Waals surface area contributed by atoms with Crippen LogP contribution in [0.15, 0.2) is 48.5 Å². The van der Waals surface area contributed by atoms with Gasteiger partial charge < -0.3 is 24.0 Å². The SMILES string of the molecule is COc1ccc(N2CCCCC2)cc1C(=O)N1CCC2(CC1)C[C@@H](Oc1ccccc1)CO2. The van der Waals surface area contributed by atoms with E-state index >= 15 is 0 Å². The van der Waals surface area contributed by atoms with Gasteiger partial charge in [-0.15, -0.1) is 0 Å². The van der Waals surface area contributed by atoms with Crippen molar-refractivity contribution in [3.05, 3.63) is 54.1 Å². The Morgan fingerprint density at radius 2 is 1.76 bits per heavy atom. The van der Waals surface area contributed by atoms with Crippen LogP contribution in [0.1, 0.15) is 48.9 Å². The van der Waals surface area contributed by atoms with E-state index < -0.39 is 0 Å². The van der Waals surface area contributed by atoms with Crippen molar-refractivity contribution in [3.8, 4) is 11.5 Å². The largest absolute Gasteiger partial charge is 0.496 e. The first kappa shape index (κ1) is 22.1. The average molecular weight is 451 g/mol. The van der Waals surface area contributed by atoms with E-state index in [1.165, 1.54) is 19.3 Å². The Morgan fingerprint density at radius 1 is 1.00 bits per heavy atom. The van der Waals surface area contributed by atoms with Crippen LogP contribution in [0.2, 0.25) is 0 Å². The summed E-state index contributed by atoms with van der Waals surface area (Å²) in [5.41, 5.74) is 1.59. The Morgan fingerprint density at radius 3 is 2.48 bits per heavy atom. The van der Waals surface area contributed by atoms with E-state index in [2.05, 4.69) is 11.0 Å². The fourth-order valence-electron chi connectivity index (χ4n) is 5.42. The van der Waals surface area contributed by atoms with Crippen molar-refractivity contribution < 1.29 is 19.0 Å². The summed E-state index contributed by atoms with van der Waals surface area (Å²) in [5, 5.41) is 0. The summed E-state index contributed by atoms with van der Waals surface area (Å²) >= 11 is 0. The standard InChI is InChI=1S/C27H34N2O4/c1-31-25-11-10-21(28-14-6-3-7-15-28)18-24(25)26(30)29-16-12-27(13-17-29)19-23(20-32-27)33-22-8-4-2-5-9-22/h2,4-5,8-11,18,23H,3,6-7,12-17,19-20H2,1H3/t23-/m1/s1. The van der Waals surface area contributed by atoms with Gasteiger partial charge in [-0.25, -0.2) is 0 Å². The first-order chi connectivity index (χ1) is 16.2. The number of ether oxygens (including phenoxy) is 3. The lowest BCUT2D eigenvalue weighted by Gasteiger charge is -2.38. The number of rotatable bonds is 5. The Kier molecular flexibility index (Phi) is 6.45. The van der Waals surface area contributed by atoms with Crippen molar-refractivity contribution >= 4 is 11.6 Å². The van der Waals surface area contributed by atoms with Crippen LogP contribution in [0.25, 0.3) is 0 Å². The number of para-hydroxylation sites is 1. The maximum absolute atomic E-state index is 13.5. The zero-order valence-corrected chi connectivity index (χ0v) is 19.5. The molecule has 0 aromatic heterocycles. The van der Waals surface area contributed by atoms with Crippen LogP contribution in [0.4, 0.5) is 5.69 Å². The minimum Gasteiger partial charge on any atom is -0.496 e. The Balaban J connectivity index is 1.22. The fourth-order valence-corrected chi connectivity index (χ4v) is 5.42. The highest BCUT2D eigenvalue weighted by Gasteiger charge is 2.44. The minimum atomic E-state index is -0.185. The molecule has 1 atom stereocenters. The number of nitrogens with zero attached hydrogens (tertiary/aromatic N) is 2. The van der Waals surface area contributed by atoms with E-state index in [0.717, 1.165) is 43.8 Å². The molecule has 3 aliphatic heterocycles. The molecule has 176 valence electrons. The molecule has 6 nitrogen and oxygen atoms in total. The van der Waals surface area contributed by atoms with Gasteiger partial charge in [-0.2, -0.15) is 0 Å². The van der Waals surface area contributed by atoms with E-state index in [0.29, 0.717) is 31.0 Å². The van der Waals surface area contributed by atoms with Crippen LogP contribution in [-0.2, 0) is 4.74 Å². The highest BCUT2D eigenvalue weighted by molar-refractivity contribution is 5.98. The lowest BCUT2D eigenvalue weighted by molar-refractivity contribution is -0.0396. The van der Waals surface area contributed by atoms with Gasteiger partial charge in [0, 0.05) is 38.3 Å². The molecule has 5 rings (SSSR count). The Hall–Kier alpha value is -2.73. The summed E-state index contributed by atoms with van der Waals surface area (Å²) in [6, 6.07) is 16.0. The zero-order valence-electron chi connectivity index (χ0n) is 19.5. The van der Waals surface area contributed by atoms with Crippen LogP contribution < -0.4 is 14.4 Å². The number of piperidine rings is 2. The molecule has 33 heavy (non-hydrogen) atoms. The monoisotopic (exact) mass is 450 g/mol. The van der Waals surface area contributed by atoms with Gasteiger partial charge in [0.1, 0.15) is 17.6 Å². The summed E-state index contributed by atoms with van der Waals surface area (Å²) in [6.45, 7) is 4.09. The van der Waals surface area contributed by atoms with Gasteiger partial charge in [-0.3, -0.25) is 4.79 Å². The van der Waals surface area contributed by atoms with Gasteiger partial charge in [-0.1, -0.05) is 18.2 Å². The van der Waals surface area contributed by atoms with Crippen molar-refractivity contribution in [1.29, 1.82) is 0 Å². The maximum atomic E-state index is 13.5. The zero-order chi connectivity index (χ0) is 22.7. The van der Waals surface area contributed by atoms with E-state index in [1.54, 1.807) is 7.11 Å². The predicted octanol–water partition coefficient (Wildman–Crippen LogP) is 4.53. The second-order valence-electron chi connectivity index (χ2n) is 9.48. The van der Waals surface area contributed by atoms with Gasteiger partial charge in [0.15, 0.2) is 0 Å². The second-order valence-corrected chi connectivity index (χ2v) is 9.48. The predicted molar refractivity (Wildman–Crippen MR) is 128 cm³/mol. The molecule has 0 radical (unpaired) electrons. The van der Waals surface area contributed by atoms with Gasteiger partial charge in [0.05, 0.1) is 24.9 Å². The normalized spacial score (nSPS) is 22.4. The van der Waals surface area contributed by atoms with Crippen LogP contribution in [-0.4, -0.2) is 62.4 Å². The van der Waals surface area contributed by atoms with Gasteiger partial charge in [-0.05, 0) is 62.4 Å². The molecule has 2 aromatic carbocycles.